The molecule has 7 heteroatoms. The molecule has 1 aliphatic heterocycles. The molecule has 0 unspecified atom stereocenters. The highest BCUT2D eigenvalue weighted by molar-refractivity contribution is 9.10. The highest BCUT2D eigenvalue weighted by atomic mass is 79.9. The Morgan fingerprint density at radius 3 is 2.61 bits per heavy atom. The molecule has 0 N–H and O–H groups in total. The van der Waals surface area contributed by atoms with Crippen LogP contribution in [0.2, 0.25) is 0 Å². The summed E-state index contributed by atoms with van der Waals surface area (Å²) in [6.45, 7) is 6.51. The van der Waals surface area contributed by atoms with Crippen molar-refractivity contribution in [3.8, 4) is 5.75 Å². The summed E-state index contributed by atoms with van der Waals surface area (Å²) < 4.78 is 16.5. The number of rotatable bonds is 1. The number of esters is 1. The van der Waals surface area contributed by atoms with Gasteiger partial charge < -0.3 is 19.1 Å². The van der Waals surface area contributed by atoms with Crippen molar-refractivity contribution in [2.75, 3.05) is 20.3 Å². The summed E-state index contributed by atoms with van der Waals surface area (Å²) in [5.41, 5.74) is 0.553. The van der Waals surface area contributed by atoms with Gasteiger partial charge in [-0.2, -0.15) is 0 Å². The fraction of sp³-hybridized carbons (Fsp3) is 0.500. The van der Waals surface area contributed by atoms with Crippen LogP contribution in [0, 0.1) is 0 Å². The molecule has 0 spiro atoms. The predicted octanol–water partition coefficient (Wildman–Crippen LogP) is 3.37. The van der Waals surface area contributed by atoms with Crippen molar-refractivity contribution in [3.05, 3.63) is 27.7 Å². The van der Waals surface area contributed by atoms with E-state index in [4.69, 9.17) is 14.2 Å². The molecule has 0 fully saturated rings. The third kappa shape index (κ3) is 4.37. The molecule has 0 aliphatic carbocycles. The molecule has 6 nitrogen and oxygen atoms in total. The van der Waals surface area contributed by atoms with E-state index in [1.54, 1.807) is 17.0 Å². The Morgan fingerprint density at radius 2 is 2.00 bits per heavy atom. The number of ether oxygens (including phenoxy) is 3. The molecule has 0 saturated carbocycles. The van der Waals surface area contributed by atoms with Crippen molar-refractivity contribution in [3.63, 3.8) is 0 Å². The van der Waals surface area contributed by atoms with E-state index in [-0.39, 0.29) is 0 Å². The Balaban J connectivity index is 2.29. The van der Waals surface area contributed by atoms with Gasteiger partial charge in [-0.25, -0.2) is 9.59 Å². The number of fused-ring (bicyclic) bond motifs is 1. The van der Waals surface area contributed by atoms with E-state index in [0.29, 0.717) is 35.5 Å². The quantitative estimate of drug-likeness (QED) is 0.693. The maximum atomic E-state index is 12.3. The van der Waals surface area contributed by atoms with E-state index >= 15 is 0 Å². The fourth-order valence-electron chi connectivity index (χ4n) is 2.19. The van der Waals surface area contributed by atoms with Crippen LogP contribution in [0.1, 0.15) is 36.7 Å². The van der Waals surface area contributed by atoms with Crippen molar-refractivity contribution in [1.29, 1.82) is 0 Å². The number of amides is 1. The smallest absolute Gasteiger partial charge is 0.410 e. The third-order valence-electron chi connectivity index (χ3n) is 3.16. The van der Waals surface area contributed by atoms with Crippen LogP contribution in [-0.4, -0.2) is 42.8 Å². The minimum Gasteiger partial charge on any atom is -0.490 e. The van der Waals surface area contributed by atoms with E-state index in [2.05, 4.69) is 15.9 Å². The minimum absolute atomic E-state index is 0.299. The first-order valence-electron chi connectivity index (χ1n) is 7.22. The molecule has 1 aromatic carbocycles. The minimum atomic E-state index is -0.568. The molecule has 0 atom stereocenters. The summed E-state index contributed by atoms with van der Waals surface area (Å²) in [5, 5.41) is 0. The van der Waals surface area contributed by atoms with Crippen LogP contribution in [-0.2, 0) is 16.0 Å². The number of hydrogen-bond donors (Lipinski definition) is 0. The molecule has 1 aromatic rings. The van der Waals surface area contributed by atoms with E-state index in [9.17, 15) is 9.59 Å². The van der Waals surface area contributed by atoms with Crippen molar-refractivity contribution < 1.29 is 23.8 Å². The zero-order valence-electron chi connectivity index (χ0n) is 13.6. The topological polar surface area (TPSA) is 65.1 Å². The molecule has 0 aromatic heterocycles. The molecule has 1 amide bonds. The van der Waals surface area contributed by atoms with Crippen LogP contribution in [0.4, 0.5) is 4.79 Å². The second-order valence-electron chi connectivity index (χ2n) is 6.19. The van der Waals surface area contributed by atoms with Crippen molar-refractivity contribution in [1.82, 2.24) is 4.90 Å². The van der Waals surface area contributed by atoms with Gasteiger partial charge in [-0.05, 0) is 48.8 Å². The molecule has 0 saturated heterocycles. The molecule has 0 bridgehead atoms. The Bertz CT molecular complexity index is 624. The molecule has 0 radical (unpaired) electrons. The van der Waals surface area contributed by atoms with Gasteiger partial charge in [0.2, 0.25) is 0 Å². The van der Waals surface area contributed by atoms with Gasteiger partial charge in [-0.3, -0.25) is 0 Å². The van der Waals surface area contributed by atoms with Crippen LogP contribution >= 0.6 is 15.9 Å². The number of carbonyl (C=O) groups is 2. The van der Waals surface area contributed by atoms with E-state index in [1.807, 2.05) is 20.8 Å². The lowest BCUT2D eigenvalue weighted by atomic mass is 10.1. The van der Waals surface area contributed by atoms with Crippen LogP contribution < -0.4 is 4.74 Å². The lowest BCUT2D eigenvalue weighted by molar-refractivity contribution is 0.0225. The molecular weight excluding hydrogens is 366 g/mol. The van der Waals surface area contributed by atoms with Gasteiger partial charge in [0.05, 0.1) is 30.2 Å². The molecule has 2 rings (SSSR count). The average Bonchev–Trinajstić information content (AvgIpc) is 2.67. The van der Waals surface area contributed by atoms with Crippen LogP contribution in [0.3, 0.4) is 0 Å². The normalized spacial score (nSPS) is 14.4. The summed E-state index contributed by atoms with van der Waals surface area (Å²) in [6, 6.07) is 3.32. The van der Waals surface area contributed by atoms with Crippen molar-refractivity contribution in [2.24, 2.45) is 0 Å². The average molecular weight is 386 g/mol. The highest BCUT2D eigenvalue weighted by Gasteiger charge is 2.26. The first-order chi connectivity index (χ1) is 10.7. The van der Waals surface area contributed by atoms with E-state index < -0.39 is 17.7 Å². The van der Waals surface area contributed by atoms with Crippen molar-refractivity contribution >= 4 is 28.0 Å². The van der Waals surface area contributed by atoms with Crippen LogP contribution in [0.15, 0.2) is 16.6 Å². The summed E-state index contributed by atoms with van der Waals surface area (Å²) in [4.78, 5) is 25.6. The molecule has 1 heterocycles. The summed E-state index contributed by atoms with van der Waals surface area (Å²) in [5.74, 6) is 0.185. The van der Waals surface area contributed by atoms with Gasteiger partial charge in [0.25, 0.3) is 0 Å². The summed E-state index contributed by atoms with van der Waals surface area (Å²) >= 11 is 3.40. The summed E-state index contributed by atoms with van der Waals surface area (Å²) in [7, 11) is 1.32. The van der Waals surface area contributed by atoms with E-state index in [1.165, 1.54) is 7.11 Å². The van der Waals surface area contributed by atoms with E-state index in [0.717, 1.165) is 5.56 Å². The standard InChI is InChI=1S/C16H20BrNO5/c1-16(2,3)23-15(20)18-5-6-22-13-11(9-18)7-10(8-12(13)17)14(19)21-4/h7-8H,5-6,9H2,1-4H3. The Morgan fingerprint density at radius 1 is 1.30 bits per heavy atom. The highest BCUT2D eigenvalue weighted by Crippen LogP contribution is 2.33. The molecule has 1 aliphatic rings. The second-order valence-corrected chi connectivity index (χ2v) is 7.04. The molecular formula is C16H20BrNO5. The number of hydrogen-bond acceptors (Lipinski definition) is 5. The predicted molar refractivity (Wildman–Crippen MR) is 87.6 cm³/mol. The van der Waals surface area contributed by atoms with Crippen molar-refractivity contribution in [2.45, 2.75) is 32.9 Å². The van der Waals surface area contributed by atoms with Gasteiger partial charge in [-0.1, -0.05) is 0 Å². The van der Waals surface area contributed by atoms with Gasteiger partial charge in [0.1, 0.15) is 18.0 Å². The summed E-state index contributed by atoms with van der Waals surface area (Å²) in [6.07, 6.45) is -0.409. The van der Waals surface area contributed by atoms with Gasteiger partial charge in [0, 0.05) is 5.56 Å². The number of benzene rings is 1. The second kappa shape index (κ2) is 6.78. The largest absolute Gasteiger partial charge is 0.490 e. The first-order valence-corrected chi connectivity index (χ1v) is 8.02. The number of carbonyl (C=O) groups excluding carboxylic acids is 2. The SMILES string of the molecule is COC(=O)c1cc(Br)c2c(c1)CN(C(=O)OC(C)(C)C)CCO2. The first kappa shape index (κ1) is 17.6. The Kier molecular flexibility index (Phi) is 5.19. The Hall–Kier alpha value is -1.76. The van der Waals surface area contributed by atoms with Gasteiger partial charge >= 0.3 is 12.1 Å². The number of halogens is 1. The maximum Gasteiger partial charge on any atom is 0.410 e. The van der Waals surface area contributed by atoms with Gasteiger partial charge in [-0.15, -0.1) is 0 Å². The lowest BCUT2D eigenvalue weighted by Gasteiger charge is -2.26. The number of nitrogens with zero attached hydrogens (tertiary/aromatic N) is 1. The zero-order chi connectivity index (χ0) is 17.2. The lowest BCUT2D eigenvalue weighted by Crippen LogP contribution is -2.37. The fourth-order valence-corrected chi connectivity index (χ4v) is 2.81. The zero-order valence-corrected chi connectivity index (χ0v) is 15.2. The number of methoxy groups -OCH3 is 1. The third-order valence-corrected chi connectivity index (χ3v) is 3.75. The maximum absolute atomic E-state index is 12.3. The van der Waals surface area contributed by atoms with Gasteiger partial charge in [0.15, 0.2) is 0 Å². The monoisotopic (exact) mass is 385 g/mol. The van der Waals surface area contributed by atoms with Crippen LogP contribution in [0.5, 0.6) is 5.75 Å². The Labute approximate surface area is 143 Å². The molecule has 23 heavy (non-hydrogen) atoms. The van der Waals surface area contributed by atoms with Crippen LogP contribution in [0.25, 0.3) is 0 Å². The molecule has 126 valence electrons.